The molecule has 0 saturated heterocycles. The number of azo groups is 1. The second kappa shape index (κ2) is 29.3. The number of nitrogens with zero attached hydrogens (tertiary/aromatic N) is 9. The van der Waals surface area contributed by atoms with Crippen molar-refractivity contribution in [2.75, 3.05) is 10.2 Å². The van der Waals surface area contributed by atoms with Crippen LogP contribution in [0.15, 0.2) is 84.4 Å². The quantitative estimate of drug-likeness (QED) is 0.0266. The molecule has 0 aliphatic rings. The van der Waals surface area contributed by atoms with Gasteiger partial charge in [0.05, 0.1) is 65.7 Å². The van der Waals surface area contributed by atoms with Gasteiger partial charge in [0.2, 0.25) is 5.13 Å². The first-order valence-electron chi connectivity index (χ1n) is 21.6. The summed E-state index contributed by atoms with van der Waals surface area (Å²) >= 11 is 3.60. The van der Waals surface area contributed by atoms with Gasteiger partial charge in [-0.25, -0.2) is 31.8 Å². The average Bonchev–Trinajstić information content (AvgIpc) is 4.04. The summed E-state index contributed by atoms with van der Waals surface area (Å²) in [5.41, 5.74) is 4.73. The topological polar surface area (TPSA) is 318 Å². The van der Waals surface area contributed by atoms with Crippen molar-refractivity contribution in [3.05, 3.63) is 105 Å². The van der Waals surface area contributed by atoms with Gasteiger partial charge in [0.15, 0.2) is 16.8 Å². The van der Waals surface area contributed by atoms with Crippen molar-refractivity contribution in [3.63, 3.8) is 0 Å². The number of hydrogen-bond donors (Lipinski definition) is 1. The Balaban J connectivity index is 0.00000328. The van der Waals surface area contributed by atoms with Gasteiger partial charge >= 0.3 is 206 Å². The number of anilines is 5. The van der Waals surface area contributed by atoms with E-state index < -0.39 is 35.4 Å². The summed E-state index contributed by atoms with van der Waals surface area (Å²) in [4.78, 5) is 16.4. The fourth-order valence-corrected chi connectivity index (χ4v) is 12.9. The molecule has 4 heterocycles. The number of thiazole rings is 2. The van der Waals surface area contributed by atoms with Crippen LogP contribution in [0.5, 0.6) is 0 Å². The van der Waals surface area contributed by atoms with Crippen molar-refractivity contribution in [2.45, 2.75) is 94.2 Å². The molecule has 32 heteroatoms. The third kappa shape index (κ3) is 15.6. The smallest absolute Gasteiger partial charge is 0.744 e. The van der Waals surface area contributed by atoms with E-state index in [-0.39, 0.29) is 266 Å². The third-order valence-electron chi connectivity index (χ3n) is 11.5. The first kappa shape index (κ1) is 71.0. The van der Waals surface area contributed by atoms with Crippen molar-refractivity contribution >= 4 is 127 Å². The third-order valence-corrected chi connectivity index (χ3v) is 16.9. The molecule has 0 fully saturated rings. The van der Waals surface area contributed by atoms with Gasteiger partial charge in [-0.05, 0) is 130 Å². The molecule has 8 aromatic rings. The Hall–Kier alpha value is 0.535. The van der Waals surface area contributed by atoms with E-state index in [2.05, 4.69) is 25.8 Å². The molecule has 386 valence electrons. The maximum atomic E-state index is 12.9. The van der Waals surface area contributed by atoms with Gasteiger partial charge in [0.25, 0.3) is 0 Å². The van der Waals surface area contributed by atoms with Crippen LogP contribution in [0.3, 0.4) is 0 Å². The Kier molecular flexibility index (Phi) is 26.7. The molecule has 1 N–H and O–H groups in total. The molecular formula is C46H40K4N10O12S6. The Morgan fingerprint density at radius 3 is 1.99 bits per heavy atom. The van der Waals surface area contributed by atoms with Crippen LogP contribution in [0.4, 0.5) is 39.6 Å². The summed E-state index contributed by atoms with van der Waals surface area (Å²) in [5.74, 6) is 0.171. The molecule has 22 nitrogen and oxygen atoms in total. The molecule has 4 aromatic carbocycles. The summed E-state index contributed by atoms with van der Waals surface area (Å²) in [6, 6.07) is 16.1. The number of nitrogens with one attached hydrogen (secondary N) is 1. The number of aromatic nitrogens is 5. The Bertz CT molecular complexity index is 3890. The number of nitriles is 1. The van der Waals surface area contributed by atoms with Gasteiger partial charge in [0, 0.05) is 20.9 Å². The summed E-state index contributed by atoms with van der Waals surface area (Å²) in [5, 5.41) is 57.7. The zero-order valence-electron chi connectivity index (χ0n) is 44.6. The Morgan fingerprint density at radius 2 is 1.36 bits per heavy atom. The Labute approximate surface area is 636 Å². The van der Waals surface area contributed by atoms with Crippen molar-refractivity contribution in [3.8, 4) is 11.2 Å². The van der Waals surface area contributed by atoms with Crippen LogP contribution in [0, 0.1) is 59.8 Å². The molecule has 8 rings (SSSR count). The molecule has 0 unspecified atom stereocenters. The molecule has 0 radical (unpaired) electrons. The predicted octanol–water partition coefficient (Wildman–Crippen LogP) is -2.27. The summed E-state index contributed by atoms with van der Waals surface area (Å²) in [6.45, 7) is 17.5. The number of pyridine rings is 1. The SMILES string of the molecule is Cc1cc(N(c2nc3ccc(S(=O)(=O)[O-])cc3s2)c2c(C)cc(C)c(S(=O)(=O)[O-])c2C)nc(Nc2c(C)cc(C)c(SOO[O-])c2C)c1N=Nc1c(C#N)c(C(C)(C)C)nn1-c1nc2ccc(SOO[O-])cc2s1.[K+].[K+].[K+].[K+]. The number of fused-ring (bicyclic) bond motifs is 2. The molecule has 0 atom stereocenters. The maximum Gasteiger partial charge on any atom is 1.00 e. The molecule has 0 bridgehead atoms. The molecule has 78 heavy (non-hydrogen) atoms. The van der Waals surface area contributed by atoms with Gasteiger partial charge in [-0.15, -0.1) is 10.2 Å². The normalized spacial score (nSPS) is 11.8. The van der Waals surface area contributed by atoms with Crippen LogP contribution in [-0.4, -0.2) is 50.7 Å². The minimum Gasteiger partial charge on any atom is -0.744 e. The van der Waals surface area contributed by atoms with E-state index in [0.717, 1.165) is 23.0 Å². The summed E-state index contributed by atoms with van der Waals surface area (Å²) in [6.07, 6.45) is 0. The fraction of sp³-hybridized carbons (Fsp3) is 0.239. The zero-order chi connectivity index (χ0) is 53.8. The van der Waals surface area contributed by atoms with Crippen molar-refractivity contribution < 1.29 is 261 Å². The van der Waals surface area contributed by atoms with Gasteiger partial charge in [-0.2, -0.15) is 23.7 Å². The Morgan fingerprint density at radius 1 is 0.731 bits per heavy atom. The van der Waals surface area contributed by atoms with E-state index in [9.17, 15) is 41.7 Å². The first-order chi connectivity index (χ1) is 34.8. The van der Waals surface area contributed by atoms with Crippen LogP contribution in [-0.2, 0) is 44.4 Å². The van der Waals surface area contributed by atoms with Crippen molar-refractivity contribution in [2.24, 2.45) is 10.2 Å². The fourth-order valence-electron chi connectivity index (χ4n) is 8.42. The van der Waals surface area contributed by atoms with E-state index in [4.69, 9.17) is 34.6 Å². The molecule has 0 aliphatic carbocycles. The predicted molar refractivity (Wildman–Crippen MR) is 271 cm³/mol. The first-order valence-corrected chi connectivity index (χ1v) is 27.5. The van der Waals surface area contributed by atoms with Gasteiger partial charge in [-0.1, -0.05) is 55.6 Å². The van der Waals surface area contributed by atoms with Crippen LogP contribution < -0.4 is 226 Å². The van der Waals surface area contributed by atoms with Crippen LogP contribution in [0.1, 0.15) is 71.0 Å². The van der Waals surface area contributed by atoms with E-state index >= 15 is 0 Å². The second-order valence-electron chi connectivity index (χ2n) is 17.7. The number of aryl methyl sites for hydroxylation is 5. The summed E-state index contributed by atoms with van der Waals surface area (Å²) < 4.78 is 86.8. The average molecular weight is 1270 g/mol. The van der Waals surface area contributed by atoms with Crippen LogP contribution in [0.25, 0.3) is 25.6 Å². The largest absolute Gasteiger partial charge is 1.00 e. The maximum absolute atomic E-state index is 12.9. The number of benzene rings is 4. The molecule has 0 saturated carbocycles. The second-order valence-corrected chi connectivity index (χ2v) is 23.9. The van der Waals surface area contributed by atoms with E-state index in [1.165, 1.54) is 46.9 Å². The van der Waals surface area contributed by atoms with E-state index in [1.807, 2.05) is 40.7 Å². The summed E-state index contributed by atoms with van der Waals surface area (Å²) in [7, 11) is -9.95. The van der Waals surface area contributed by atoms with E-state index in [1.54, 1.807) is 51.1 Å². The molecule has 0 amide bonds. The molecular weight excluding hydrogens is 1230 g/mol. The molecule has 0 aliphatic heterocycles. The monoisotopic (exact) mass is 1270 g/mol. The van der Waals surface area contributed by atoms with Gasteiger partial charge in [-0.3, -0.25) is 15.0 Å². The van der Waals surface area contributed by atoms with Crippen LogP contribution >= 0.6 is 46.8 Å². The van der Waals surface area contributed by atoms with Gasteiger partial charge in [0.1, 0.15) is 43.4 Å². The molecule has 4 aromatic heterocycles. The zero-order valence-corrected chi connectivity index (χ0v) is 62.0. The standard InChI is InChI=1S/C46H44N10O12S6.4K/c1-21-15-24(4)39(72-68-66-58)26(6)36(21)51-42-37(52-53-43-30(20-47)41(46(8,9)10)54-56(43)45-49-31-13-11-28(71-67-65-57)18-33(31)70-45)22(2)17-35(50-42)55(38-23(3)16-25(5)40(27(38)7)74(62,63)64)44-48-32-14-12-29(73(59,60)61)19-34(32)69-44;;;;/h11-19,57-58H,1-10H3,(H,50,51)(H,59,60,61)(H,62,63,64);;;;/q;4*+1/p-4. The van der Waals surface area contributed by atoms with Crippen molar-refractivity contribution in [1.82, 2.24) is 24.7 Å². The van der Waals surface area contributed by atoms with Gasteiger partial charge < -0.3 is 24.9 Å². The van der Waals surface area contributed by atoms with Crippen molar-refractivity contribution in [1.29, 1.82) is 5.26 Å². The van der Waals surface area contributed by atoms with E-state index in [0.29, 0.717) is 82.9 Å². The number of hydrogen-bond acceptors (Lipinski definition) is 25. The molecule has 0 spiro atoms. The number of rotatable bonds is 16. The van der Waals surface area contributed by atoms with Crippen LogP contribution in [0.2, 0.25) is 0 Å². The minimum atomic E-state index is -5.07. The minimum absolute atomic E-state index is 0.